The molecule has 0 saturated carbocycles. The van der Waals surface area contributed by atoms with Gasteiger partial charge in [0.2, 0.25) is 11.8 Å². The molecule has 3 aromatic rings. The fraction of sp³-hybridized carbons (Fsp3) is 0.318. The number of carbonyl (C=O) groups excluding carboxylic acids is 2. The maximum atomic E-state index is 14.7. The van der Waals surface area contributed by atoms with Crippen molar-refractivity contribution >= 4 is 22.7 Å². The molecule has 0 bridgehead atoms. The number of fused-ring (bicyclic) bond motifs is 1. The number of halogens is 1. The SMILES string of the molecule is Cn1ncc2cc(C(N)=O)cc(Oc3ccc(OCCC(=O)N4CCOCC4)cc3F)c21. The number of benzene rings is 2. The van der Waals surface area contributed by atoms with E-state index in [0.717, 1.165) is 0 Å². The van der Waals surface area contributed by atoms with Crippen molar-refractivity contribution in [2.45, 2.75) is 6.42 Å². The highest BCUT2D eigenvalue weighted by Crippen LogP contribution is 2.33. The summed E-state index contributed by atoms with van der Waals surface area (Å²) in [5.41, 5.74) is 6.21. The molecule has 1 aliphatic rings. The number of hydrogen-bond acceptors (Lipinski definition) is 6. The van der Waals surface area contributed by atoms with E-state index in [1.807, 2.05) is 0 Å². The molecule has 1 aliphatic heterocycles. The van der Waals surface area contributed by atoms with Crippen molar-refractivity contribution < 1.29 is 28.2 Å². The van der Waals surface area contributed by atoms with Crippen LogP contribution in [0.3, 0.4) is 0 Å². The van der Waals surface area contributed by atoms with E-state index in [2.05, 4.69) is 5.10 Å². The maximum absolute atomic E-state index is 14.7. The van der Waals surface area contributed by atoms with Crippen molar-refractivity contribution in [3.05, 3.63) is 47.9 Å². The Morgan fingerprint density at radius 2 is 1.97 bits per heavy atom. The summed E-state index contributed by atoms with van der Waals surface area (Å²) in [5, 5.41) is 4.79. The van der Waals surface area contributed by atoms with E-state index in [4.69, 9.17) is 19.9 Å². The van der Waals surface area contributed by atoms with Gasteiger partial charge in [-0.15, -0.1) is 0 Å². The summed E-state index contributed by atoms with van der Waals surface area (Å²) in [6, 6.07) is 7.22. The van der Waals surface area contributed by atoms with Gasteiger partial charge < -0.3 is 24.8 Å². The zero-order valence-corrected chi connectivity index (χ0v) is 17.5. The lowest BCUT2D eigenvalue weighted by Crippen LogP contribution is -2.41. The molecule has 0 radical (unpaired) electrons. The number of carbonyl (C=O) groups is 2. The van der Waals surface area contributed by atoms with Gasteiger partial charge >= 0.3 is 0 Å². The standard InChI is InChI=1S/C22H23FN4O5/c1-26-21-15(13-25-26)10-14(22(24)29)11-19(21)32-18-3-2-16(12-17(18)23)31-7-4-20(28)27-5-8-30-9-6-27/h2-3,10-13H,4-9H2,1H3,(H2,24,29). The number of hydrogen-bond donors (Lipinski definition) is 1. The van der Waals surface area contributed by atoms with Gasteiger partial charge in [-0.1, -0.05) is 0 Å². The quantitative estimate of drug-likeness (QED) is 0.601. The molecule has 0 unspecified atom stereocenters. The first-order valence-corrected chi connectivity index (χ1v) is 10.1. The van der Waals surface area contributed by atoms with Crippen LogP contribution in [0.25, 0.3) is 10.9 Å². The Morgan fingerprint density at radius 1 is 1.19 bits per heavy atom. The number of primary amides is 1. The van der Waals surface area contributed by atoms with E-state index in [-0.39, 0.29) is 41.7 Å². The fourth-order valence-corrected chi connectivity index (χ4v) is 3.50. The lowest BCUT2D eigenvalue weighted by Gasteiger charge is -2.26. The zero-order chi connectivity index (χ0) is 22.7. The van der Waals surface area contributed by atoms with Gasteiger partial charge in [0.25, 0.3) is 0 Å². The van der Waals surface area contributed by atoms with Crippen LogP contribution in [0.5, 0.6) is 17.2 Å². The number of nitrogens with zero attached hydrogens (tertiary/aromatic N) is 3. The molecule has 4 rings (SSSR count). The summed E-state index contributed by atoms with van der Waals surface area (Å²) < 4.78 is 32.8. The predicted molar refractivity (Wildman–Crippen MR) is 113 cm³/mol. The third-order valence-corrected chi connectivity index (χ3v) is 5.15. The molecular weight excluding hydrogens is 419 g/mol. The van der Waals surface area contributed by atoms with E-state index >= 15 is 0 Å². The molecule has 2 heterocycles. The minimum atomic E-state index is -0.651. The topological polar surface area (TPSA) is 109 Å². The van der Waals surface area contributed by atoms with Crippen LogP contribution in [0.1, 0.15) is 16.8 Å². The van der Waals surface area contributed by atoms with Crippen LogP contribution < -0.4 is 15.2 Å². The van der Waals surface area contributed by atoms with E-state index in [0.29, 0.717) is 37.2 Å². The predicted octanol–water partition coefficient (Wildman–Crippen LogP) is 2.23. The van der Waals surface area contributed by atoms with Gasteiger partial charge in [-0.25, -0.2) is 4.39 Å². The van der Waals surface area contributed by atoms with Crippen LogP contribution >= 0.6 is 0 Å². The lowest BCUT2D eigenvalue weighted by atomic mass is 10.1. The van der Waals surface area contributed by atoms with Crippen molar-refractivity contribution in [3.63, 3.8) is 0 Å². The van der Waals surface area contributed by atoms with Crippen LogP contribution in [0.15, 0.2) is 36.5 Å². The Hall–Kier alpha value is -3.66. The van der Waals surface area contributed by atoms with Crippen LogP contribution in [-0.4, -0.2) is 59.4 Å². The van der Waals surface area contributed by atoms with Crippen LogP contribution in [0, 0.1) is 5.82 Å². The molecular formula is C22H23FN4O5. The smallest absolute Gasteiger partial charge is 0.248 e. The Morgan fingerprint density at radius 3 is 2.69 bits per heavy atom. The van der Waals surface area contributed by atoms with Gasteiger partial charge in [-0.2, -0.15) is 5.10 Å². The number of nitrogens with two attached hydrogens (primary N) is 1. The third kappa shape index (κ3) is 4.65. The highest BCUT2D eigenvalue weighted by molar-refractivity contribution is 5.99. The molecule has 2 aromatic carbocycles. The Labute approximate surface area is 183 Å². The molecule has 1 fully saturated rings. The van der Waals surface area contributed by atoms with Gasteiger partial charge in [0.15, 0.2) is 17.3 Å². The molecule has 9 nitrogen and oxygen atoms in total. The van der Waals surface area contributed by atoms with E-state index in [1.165, 1.54) is 18.2 Å². The van der Waals surface area contributed by atoms with Crippen molar-refractivity contribution in [1.82, 2.24) is 14.7 Å². The van der Waals surface area contributed by atoms with Crippen molar-refractivity contribution in [1.29, 1.82) is 0 Å². The molecule has 2 N–H and O–H groups in total. The minimum Gasteiger partial charge on any atom is -0.493 e. The van der Waals surface area contributed by atoms with E-state index < -0.39 is 11.7 Å². The summed E-state index contributed by atoms with van der Waals surface area (Å²) in [6.07, 6.45) is 1.76. The lowest BCUT2D eigenvalue weighted by molar-refractivity contribution is -0.135. The molecule has 1 saturated heterocycles. The van der Waals surface area contributed by atoms with Crippen molar-refractivity contribution in [2.24, 2.45) is 12.8 Å². The van der Waals surface area contributed by atoms with Gasteiger partial charge in [0, 0.05) is 37.2 Å². The first-order chi connectivity index (χ1) is 15.4. The molecule has 168 valence electrons. The van der Waals surface area contributed by atoms with Crippen molar-refractivity contribution in [3.8, 4) is 17.2 Å². The summed E-state index contributed by atoms with van der Waals surface area (Å²) in [7, 11) is 1.71. The molecule has 0 atom stereocenters. The molecule has 2 amide bonds. The van der Waals surface area contributed by atoms with Crippen LogP contribution in [0.2, 0.25) is 0 Å². The highest BCUT2D eigenvalue weighted by atomic mass is 19.1. The van der Waals surface area contributed by atoms with Crippen LogP contribution in [-0.2, 0) is 16.6 Å². The average Bonchev–Trinajstić information content (AvgIpc) is 3.17. The number of amides is 2. The summed E-state index contributed by atoms with van der Waals surface area (Å²) >= 11 is 0. The molecule has 1 aromatic heterocycles. The summed E-state index contributed by atoms with van der Waals surface area (Å²) in [5.74, 6) is -0.825. The highest BCUT2D eigenvalue weighted by Gasteiger charge is 2.18. The third-order valence-electron chi connectivity index (χ3n) is 5.15. The monoisotopic (exact) mass is 442 g/mol. The molecule has 10 heteroatoms. The number of aryl methyl sites for hydroxylation is 1. The normalized spacial score (nSPS) is 13.9. The second kappa shape index (κ2) is 9.23. The van der Waals surface area contributed by atoms with Crippen molar-refractivity contribution in [2.75, 3.05) is 32.9 Å². The van der Waals surface area contributed by atoms with Gasteiger partial charge in [-0.3, -0.25) is 14.3 Å². The molecule has 0 spiro atoms. The first kappa shape index (κ1) is 21.6. The van der Waals surface area contributed by atoms with Crippen LogP contribution in [0.4, 0.5) is 4.39 Å². The number of morpholine rings is 1. The number of ether oxygens (including phenoxy) is 3. The fourth-order valence-electron chi connectivity index (χ4n) is 3.50. The van der Waals surface area contributed by atoms with E-state index in [1.54, 1.807) is 35.0 Å². The van der Waals surface area contributed by atoms with Gasteiger partial charge in [-0.05, 0) is 24.3 Å². The Bertz CT molecular complexity index is 1160. The maximum Gasteiger partial charge on any atom is 0.248 e. The van der Waals surface area contributed by atoms with E-state index in [9.17, 15) is 14.0 Å². The summed E-state index contributed by atoms with van der Waals surface area (Å²) in [4.78, 5) is 25.5. The first-order valence-electron chi connectivity index (χ1n) is 10.1. The summed E-state index contributed by atoms with van der Waals surface area (Å²) in [6.45, 7) is 2.34. The Kier molecular flexibility index (Phi) is 6.22. The second-order valence-electron chi connectivity index (χ2n) is 7.33. The minimum absolute atomic E-state index is 0.0248. The largest absolute Gasteiger partial charge is 0.493 e. The average molecular weight is 442 g/mol. The Balaban J connectivity index is 1.44. The van der Waals surface area contributed by atoms with Gasteiger partial charge in [0.1, 0.15) is 11.3 Å². The molecule has 0 aliphatic carbocycles. The van der Waals surface area contributed by atoms with Gasteiger partial charge in [0.05, 0.1) is 32.4 Å². The number of aromatic nitrogens is 2. The molecule has 32 heavy (non-hydrogen) atoms. The second-order valence-corrected chi connectivity index (χ2v) is 7.33. The zero-order valence-electron chi connectivity index (χ0n) is 17.5. The number of rotatable bonds is 7.